The molecule has 3 nitrogen and oxygen atoms in total. The fourth-order valence-corrected chi connectivity index (χ4v) is 3.14. The van der Waals surface area contributed by atoms with Gasteiger partial charge in [0.2, 0.25) is 0 Å². The molecular weight excluding hydrogens is 306 g/mol. The van der Waals surface area contributed by atoms with E-state index in [0.717, 1.165) is 0 Å². The van der Waals surface area contributed by atoms with Gasteiger partial charge in [0.1, 0.15) is 11.0 Å². The summed E-state index contributed by atoms with van der Waals surface area (Å²) in [5, 5.41) is 9.66. The number of sulfone groups is 1. The number of halogens is 1. The highest BCUT2D eigenvalue weighted by Gasteiger charge is 2.18. The number of benzene rings is 2. The molecule has 0 saturated heterocycles. The number of hydrogen-bond acceptors (Lipinski definition) is 3. The molecule has 0 aliphatic heterocycles. The van der Waals surface area contributed by atoms with E-state index in [1.807, 2.05) is 6.07 Å². The molecule has 2 aromatic carbocycles. The quantitative estimate of drug-likeness (QED) is 0.805. The number of allylic oxidation sites excluding steroid dienone is 1. The number of rotatable bonds is 4. The highest BCUT2D eigenvalue weighted by Crippen LogP contribution is 2.18. The van der Waals surface area contributed by atoms with Crippen LogP contribution in [0.15, 0.2) is 59.5 Å². The molecule has 21 heavy (non-hydrogen) atoms. The Morgan fingerprint density at radius 2 is 1.71 bits per heavy atom. The van der Waals surface area contributed by atoms with E-state index in [4.69, 9.17) is 16.9 Å². The van der Waals surface area contributed by atoms with Gasteiger partial charge < -0.3 is 0 Å². The number of nitrogens with zero attached hydrogens (tertiary/aromatic N) is 1. The van der Waals surface area contributed by atoms with E-state index in [0.29, 0.717) is 16.1 Å². The molecule has 2 rings (SSSR count). The van der Waals surface area contributed by atoms with Crippen LogP contribution in [0.25, 0.3) is 6.08 Å². The molecule has 0 fully saturated rings. The molecule has 0 aromatic heterocycles. The monoisotopic (exact) mass is 317 g/mol. The second kappa shape index (κ2) is 6.57. The molecule has 0 saturated carbocycles. The maximum atomic E-state index is 12.3. The Balaban J connectivity index is 2.31. The standard InChI is InChI=1S/C16H12ClNO2S/c17-15-8-6-14(7-9-15)12-21(19,20)16(11-18)10-13-4-2-1-3-5-13/h1-10H,12H2/b16-10-. The van der Waals surface area contributed by atoms with Crippen LogP contribution in [0.5, 0.6) is 0 Å². The lowest BCUT2D eigenvalue weighted by atomic mass is 10.2. The van der Waals surface area contributed by atoms with Crippen LogP contribution in [0.2, 0.25) is 5.02 Å². The van der Waals surface area contributed by atoms with Crippen LogP contribution in [0.1, 0.15) is 11.1 Å². The Hall–Kier alpha value is -2.09. The summed E-state index contributed by atoms with van der Waals surface area (Å²) in [5.74, 6) is -0.226. The third-order valence-electron chi connectivity index (χ3n) is 2.81. The third-order valence-corrected chi connectivity index (χ3v) is 4.66. The lowest BCUT2D eigenvalue weighted by Gasteiger charge is -2.04. The second-order valence-electron chi connectivity index (χ2n) is 4.42. The molecule has 0 unspecified atom stereocenters. The maximum Gasteiger partial charge on any atom is 0.192 e. The molecule has 0 spiro atoms. The van der Waals surface area contributed by atoms with E-state index in [1.165, 1.54) is 6.08 Å². The van der Waals surface area contributed by atoms with E-state index >= 15 is 0 Å². The largest absolute Gasteiger partial charge is 0.223 e. The van der Waals surface area contributed by atoms with Crippen molar-refractivity contribution in [1.29, 1.82) is 5.26 Å². The van der Waals surface area contributed by atoms with Gasteiger partial charge in [0.15, 0.2) is 9.84 Å². The summed E-state index contributed by atoms with van der Waals surface area (Å²) in [4.78, 5) is -0.247. The molecule has 2 aromatic rings. The molecular formula is C16H12ClNO2S. The molecule has 0 aliphatic rings. The van der Waals surface area contributed by atoms with Crippen molar-refractivity contribution in [2.24, 2.45) is 0 Å². The minimum absolute atomic E-state index is 0.226. The molecule has 0 heterocycles. The molecule has 5 heteroatoms. The van der Waals surface area contributed by atoms with Gasteiger partial charge in [0.25, 0.3) is 0 Å². The first-order valence-corrected chi connectivity index (χ1v) is 8.18. The van der Waals surface area contributed by atoms with Crippen molar-refractivity contribution in [1.82, 2.24) is 0 Å². The van der Waals surface area contributed by atoms with Crippen molar-refractivity contribution in [3.8, 4) is 6.07 Å². The van der Waals surface area contributed by atoms with Gasteiger partial charge in [-0.25, -0.2) is 8.42 Å². The number of nitriles is 1. The molecule has 106 valence electrons. The average Bonchev–Trinajstić information content (AvgIpc) is 2.48. The van der Waals surface area contributed by atoms with Gasteiger partial charge in [-0.3, -0.25) is 0 Å². The Morgan fingerprint density at radius 1 is 1.10 bits per heavy atom. The van der Waals surface area contributed by atoms with Crippen LogP contribution in [-0.2, 0) is 15.6 Å². The van der Waals surface area contributed by atoms with Gasteiger partial charge in [-0.2, -0.15) is 5.26 Å². The van der Waals surface area contributed by atoms with Crippen LogP contribution >= 0.6 is 11.6 Å². The summed E-state index contributed by atoms with van der Waals surface area (Å²) < 4.78 is 24.6. The molecule has 0 radical (unpaired) electrons. The highest BCUT2D eigenvalue weighted by molar-refractivity contribution is 7.95. The van der Waals surface area contributed by atoms with Crippen LogP contribution in [0.3, 0.4) is 0 Å². The minimum Gasteiger partial charge on any atom is -0.223 e. The molecule has 0 N–H and O–H groups in total. The lowest BCUT2D eigenvalue weighted by Crippen LogP contribution is -2.06. The first-order chi connectivity index (χ1) is 10.0. The molecule has 0 aliphatic carbocycles. The normalized spacial score (nSPS) is 11.9. The van der Waals surface area contributed by atoms with Crippen molar-refractivity contribution in [2.75, 3.05) is 0 Å². The average molecular weight is 318 g/mol. The summed E-state index contributed by atoms with van der Waals surface area (Å²) in [6.45, 7) is 0. The topological polar surface area (TPSA) is 57.9 Å². The van der Waals surface area contributed by atoms with Gasteiger partial charge >= 0.3 is 0 Å². The van der Waals surface area contributed by atoms with Gasteiger partial charge in [0, 0.05) is 5.02 Å². The minimum atomic E-state index is -3.68. The molecule has 0 atom stereocenters. The van der Waals surface area contributed by atoms with Gasteiger partial charge in [-0.05, 0) is 29.3 Å². The van der Waals surface area contributed by atoms with E-state index in [2.05, 4.69) is 0 Å². The molecule has 0 amide bonds. The highest BCUT2D eigenvalue weighted by atomic mass is 35.5. The summed E-state index contributed by atoms with van der Waals surface area (Å²) in [6, 6.07) is 17.2. The molecule has 0 bridgehead atoms. The summed E-state index contributed by atoms with van der Waals surface area (Å²) >= 11 is 5.77. The summed E-state index contributed by atoms with van der Waals surface area (Å²) in [6.07, 6.45) is 1.38. The predicted molar refractivity (Wildman–Crippen MR) is 84.1 cm³/mol. The van der Waals surface area contributed by atoms with Crippen molar-refractivity contribution in [3.05, 3.63) is 75.7 Å². The zero-order valence-corrected chi connectivity index (χ0v) is 12.6. The Labute approximate surface area is 129 Å². The van der Waals surface area contributed by atoms with E-state index in [-0.39, 0.29) is 10.7 Å². The van der Waals surface area contributed by atoms with Crippen LogP contribution < -0.4 is 0 Å². The fraction of sp³-hybridized carbons (Fsp3) is 0.0625. The van der Waals surface area contributed by atoms with Crippen molar-refractivity contribution in [3.63, 3.8) is 0 Å². The van der Waals surface area contributed by atoms with Crippen molar-refractivity contribution in [2.45, 2.75) is 5.75 Å². The zero-order chi connectivity index (χ0) is 15.3. The van der Waals surface area contributed by atoms with Crippen LogP contribution in [0.4, 0.5) is 0 Å². The first-order valence-electron chi connectivity index (χ1n) is 6.15. The fourth-order valence-electron chi connectivity index (χ4n) is 1.77. The second-order valence-corrected chi connectivity index (χ2v) is 6.81. The maximum absolute atomic E-state index is 12.3. The smallest absolute Gasteiger partial charge is 0.192 e. The van der Waals surface area contributed by atoms with Gasteiger partial charge in [-0.15, -0.1) is 0 Å². The predicted octanol–water partition coefficient (Wildman–Crippen LogP) is 3.82. The van der Waals surface area contributed by atoms with E-state index < -0.39 is 9.84 Å². The van der Waals surface area contributed by atoms with E-state index in [1.54, 1.807) is 54.6 Å². The van der Waals surface area contributed by atoms with Gasteiger partial charge in [0.05, 0.1) is 5.75 Å². The number of hydrogen-bond donors (Lipinski definition) is 0. The van der Waals surface area contributed by atoms with Gasteiger partial charge in [-0.1, -0.05) is 54.1 Å². The van der Waals surface area contributed by atoms with E-state index in [9.17, 15) is 8.42 Å². The summed E-state index contributed by atoms with van der Waals surface area (Å²) in [7, 11) is -3.68. The SMILES string of the molecule is N#C/C(=C/c1ccccc1)S(=O)(=O)Cc1ccc(Cl)cc1. The third kappa shape index (κ3) is 4.19. The first kappa shape index (κ1) is 15.3. The Kier molecular flexibility index (Phi) is 4.79. The van der Waals surface area contributed by atoms with Crippen LogP contribution in [-0.4, -0.2) is 8.42 Å². The van der Waals surface area contributed by atoms with Crippen molar-refractivity contribution >= 4 is 27.5 Å². The lowest BCUT2D eigenvalue weighted by molar-refractivity contribution is 0.602. The Morgan fingerprint density at radius 3 is 2.29 bits per heavy atom. The van der Waals surface area contributed by atoms with Crippen molar-refractivity contribution < 1.29 is 8.42 Å². The van der Waals surface area contributed by atoms with Crippen LogP contribution in [0, 0.1) is 11.3 Å². The zero-order valence-electron chi connectivity index (χ0n) is 11.0. The summed E-state index contributed by atoms with van der Waals surface area (Å²) in [5.41, 5.74) is 1.27. The Bertz CT molecular complexity index is 788.